The molecule has 0 spiro atoms. The van der Waals surface area contributed by atoms with Gasteiger partial charge in [-0.15, -0.1) is 0 Å². The fourth-order valence-corrected chi connectivity index (χ4v) is 1.35. The van der Waals surface area contributed by atoms with Gasteiger partial charge in [0.2, 0.25) is 0 Å². The van der Waals surface area contributed by atoms with E-state index in [1.807, 2.05) is 20.8 Å². The third-order valence-electron chi connectivity index (χ3n) is 2.25. The molecule has 1 unspecified atom stereocenters. The molecule has 1 N–H and O–H groups in total. The van der Waals surface area contributed by atoms with Gasteiger partial charge in [-0.2, -0.15) is 0 Å². The SMILES string of the molecule is COCC(C)c1nc(C(C)C)cc(=O)[nH]1. The molecule has 0 bridgehead atoms. The first-order valence-corrected chi connectivity index (χ1v) is 5.14. The molecule has 0 fully saturated rings. The molecule has 0 saturated heterocycles. The number of rotatable bonds is 4. The van der Waals surface area contributed by atoms with Gasteiger partial charge < -0.3 is 9.72 Å². The summed E-state index contributed by atoms with van der Waals surface area (Å²) in [5, 5.41) is 0. The third kappa shape index (κ3) is 3.16. The highest BCUT2D eigenvalue weighted by Gasteiger charge is 2.10. The highest BCUT2D eigenvalue weighted by molar-refractivity contribution is 5.08. The van der Waals surface area contributed by atoms with Crippen molar-refractivity contribution in [1.82, 2.24) is 9.97 Å². The Morgan fingerprint density at radius 3 is 2.67 bits per heavy atom. The molecule has 0 aliphatic carbocycles. The van der Waals surface area contributed by atoms with Crippen LogP contribution in [0, 0.1) is 0 Å². The Balaban J connectivity index is 3.03. The molecule has 0 saturated carbocycles. The van der Waals surface area contributed by atoms with E-state index in [1.165, 1.54) is 0 Å². The summed E-state index contributed by atoms with van der Waals surface area (Å²) in [5.74, 6) is 1.08. The Bertz CT molecular complexity index is 371. The van der Waals surface area contributed by atoms with Crippen LogP contribution in [0.1, 0.15) is 44.1 Å². The number of hydrogen-bond donors (Lipinski definition) is 1. The van der Waals surface area contributed by atoms with Gasteiger partial charge in [0.15, 0.2) is 0 Å². The molecular formula is C11H18N2O2. The highest BCUT2D eigenvalue weighted by Crippen LogP contribution is 2.13. The van der Waals surface area contributed by atoms with Gasteiger partial charge in [-0.05, 0) is 5.92 Å². The average Bonchev–Trinajstić information content (AvgIpc) is 2.17. The Hall–Kier alpha value is -1.16. The van der Waals surface area contributed by atoms with E-state index in [9.17, 15) is 4.79 Å². The summed E-state index contributed by atoms with van der Waals surface area (Å²) in [7, 11) is 1.64. The molecule has 0 amide bonds. The van der Waals surface area contributed by atoms with Crippen molar-refractivity contribution in [1.29, 1.82) is 0 Å². The molecule has 1 aromatic heterocycles. The molecule has 0 radical (unpaired) electrons. The number of H-pyrrole nitrogens is 1. The minimum atomic E-state index is -0.0911. The Kier molecular flexibility index (Phi) is 4.03. The molecule has 15 heavy (non-hydrogen) atoms. The number of hydrogen-bond acceptors (Lipinski definition) is 3. The highest BCUT2D eigenvalue weighted by atomic mass is 16.5. The predicted octanol–water partition coefficient (Wildman–Crippen LogP) is 1.64. The lowest BCUT2D eigenvalue weighted by atomic mass is 10.1. The van der Waals surface area contributed by atoms with E-state index >= 15 is 0 Å². The maximum Gasteiger partial charge on any atom is 0.251 e. The Morgan fingerprint density at radius 1 is 1.47 bits per heavy atom. The van der Waals surface area contributed by atoms with Crippen molar-refractivity contribution < 1.29 is 4.74 Å². The zero-order chi connectivity index (χ0) is 11.4. The molecular weight excluding hydrogens is 192 g/mol. The maximum absolute atomic E-state index is 11.4. The summed E-state index contributed by atoms with van der Waals surface area (Å²) in [6.45, 7) is 6.58. The Labute approximate surface area is 89.7 Å². The fraction of sp³-hybridized carbons (Fsp3) is 0.636. The normalized spacial score (nSPS) is 13.1. The van der Waals surface area contributed by atoms with Gasteiger partial charge >= 0.3 is 0 Å². The van der Waals surface area contributed by atoms with Gasteiger partial charge in [-0.25, -0.2) is 4.98 Å². The smallest absolute Gasteiger partial charge is 0.251 e. The van der Waals surface area contributed by atoms with Crippen molar-refractivity contribution >= 4 is 0 Å². The number of aromatic amines is 1. The first kappa shape index (κ1) is 11.9. The predicted molar refractivity (Wildman–Crippen MR) is 59.2 cm³/mol. The van der Waals surface area contributed by atoms with Crippen molar-refractivity contribution in [2.24, 2.45) is 0 Å². The molecule has 1 atom stereocenters. The fourth-order valence-electron chi connectivity index (χ4n) is 1.35. The number of nitrogens with zero attached hydrogens (tertiary/aromatic N) is 1. The van der Waals surface area contributed by atoms with Gasteiger partial charge in [0.25, 0.3) is 5.56 Å². The molecule has 4 heteroatoms. The van der Waals surface area contributed by atoms with Crippen LogP contribution in [0.25, 0.3) is 0 Å². The monoisotopic (exact) mass is 210 g/mol. The summed E-state index contributed by atoms with van der Waals surface area (Å²) in [5.41, 5.74) is 0.739. The topological polar surface area (TPSA) is 55.0 Å². The molecule has 84 valence electrons. The third-order valence-corrected chi connectivity index (χ3v) is 2.25. The molecule has 0 aliphatic rings. The van der Waals surface area contributed by atoms with Crippen molar-refractivity contribution in [3.8, 4) is 0 Å². The zero-order valence-electron chi connectivity index (χ0n) is 9.70. The van der Waals surface area contributed by atoms with Crippen molar-refractivity contribution in [3.63, 3.8) is 0 Å². The van der Waals surface area contributed by atoms with E-state index in [0.29, 0.717) is 12.4 Å². The van der Waals surface area contributed by atoms with Crippen LogP contribution in [0.2, 0.25) is 0 Å². The van der Waals surface area contributed by atoms with Gasteiger partial charge in [-0.1, -0.05) is 20.8 Å². The van der Waals surface area contributed by atoms with E-state index in [0.717, 1.165) is 5.69 Å². The van der Waals surface area contributed by atoms with Gasteiger partial charge in [0.05, 0.1) is 12.3 Å². The van der Waals surface area contributed by atoms with Crippen LogP contribution in [-0.4, -0.2) is 23.7 Å². The van der Waals surface area contributed by atoms with E-state index in [1.54, 1.807) is 13.2 Å². The lowest BCUT2D eigenvalue weighted by Gasteiger charge is -2.11. The number of methoxy groups -OCH3 is 1. The number of ether oxygens (including phenoxy) is 1. The summed E-state index contributed by atoms with van der Waals surface area (Å²) >= 11 is 0. The van der Waals surface area contributed by atoms with Crippen LogP contribution in [-0.2, 0) is 4.74 Å². The lowest BCUT2D eigenvalue weighted by molar-refractivity contribution is 0.181. The average molecular weight is 210 g/mol. The second kappa shape index (κ2) is 5.07. The van der Waals surface area contributed by atoms with Gasteiger partial charge in [-0.3, -0.25) is 4.79 Å². The quantitative estimate of drug-likeness (QED) is 0.822. The van der Waals surface area contributed by atoms with E-state index in [4.69, 9.17) is 4.74 Å². The first-order valence-electron chi connectivity index (χ1n) is 5.14. The minimum absolute atomic E-state index is 0.0911. The van der Waals surface area contributed by atoms with Crippen molar-refractivity contribution in [2.45, 2.75) is 32.6 Å². The Morgan fingerprint density at radius 2 is 2.13 bits per heavy atom. The second-order valence-corrected chi connectivity index (χ2v) is 4.07. The summed E-state index contributed by atoms with van der Waals surface area (Å²) in [6, 6.07) is 1.55. The van der Waals surface area contributed by atoms with Crippen LogP contribution < -0.4 is 5.56 Å². The summed E-state index contributed by atoms with van der Waals surface area (Å²) in [6.07, 6.45) is 0. The number of aromatic nitrogens is 2. The molecule has 1 heterocycles. The van der Waals surface area contributed by atoms with Crippen LogP contribution in [0.5, 0.6) is 0 Å². The lowest BCUT2D eigenvalue weighted by Crippen LogP contribution is -2.17. The van der Waals surface area contributed by atoms with E-state index in [2.05, 4.69) is 9.97 Å². The largest absolute Gasteiger partial charge is 0.384 e. The molecule has 0 aliphatic heterocycles. The van der Waals surface area contributed by atoms with Crippen molar-refractivity contribution in [2.75, 3.05) is 13.7 Å². The summed E-state index contributed by atoms with van der Waals surface area (Å²) < 4.78 is 5.04. The minimum Gasteiger partial charge on any atom is -0.384 e. The maximum atomic E-state index is 11.4. The first-order chi connectivity index (χ1) is 7.04. The van der Waals surface area contributed by atoms with Crippen LogP contribution in [0.3, 0.4) is 0 Å². The number of nitrogens with one attached hydrogen (secondary N) is 1. The van der Waals surface area contributed by atoms with E-state index < -0.39 is 0 Å². The molecule has 1 rings (SSSR count). The second-order valence-electron chi connectivity index (χ2n) is 4.07. The van der Waals surface area contributed by atoms with Crippen molar-refractivity contribution in [3.05, 3.63) is 27.9 Å². The van der Waals surface area contributed by atoms with E-state index in [-0.39, 0.29) is 17.4 Å². The molecule has 4 nitrogen and oxygen atoms in total. The standard InChI is InChI=1S/C11H18N2O2/c1-7(2)9-5-10(14)13-11(12-9)8(3)6-15-4/h5,7-8H,6H2,1-4H3,(H,12,13,14). The zero-order valence-corrected chi connectivity index (χ0v) is 9.70. The van der Waals surface area contributed by atoms with Crippen LogP contribution in [0.15, 0.2) is 10.9 Å². The van der Waals surface area contributed by atoms with Crippen LogP contribution >= 0.6 is 0 Å². The van der Waals surface area contributed by atoms with Gasteiger partial charge in [0, 0.05) is 19.1 Å². The van der Waals surface area contributed by atoms with Gasteiger partial charge in [0.1, 0.15) is 5.82 Å². The summed E-state index contributed by atoms with van der Waals surface area (Å²) in [4.78, 5) is 18.5. The molecule has 0 aromatic carbocycles. The molecule has 1 aromatic rings. The van der Waals surface area contributed by atoms with Crippen LogP contribution in [0.4, 0.5) is 0 Å².